The van der Waals surface area contributed by atoms with Crippen molar-refractivity contribution in [3.63, 3.8) is 0 Å². The lowest BCUT2D eigenvalue weighted by atomic mass is 10.1. The maximum atomic E-state index is 5.88. The summed E-state index contributed by atoms with van der Waals surface area (Å²) in [6.07, 6.45) is 0. The molecule has 0 fully saturated rings. The lowest BCUT2D eigenvalue weighted by Crippen LogP contribution is -1.94. The second-order valence-electron chi connectivity index (χ2n) is 6.35. The highest BCUT2D eigenvalue weighted by molar-refractivity contribution is 5.80. The zero-order valence-electron chi connectivity index (χ0n) is 14.3. The lowest BCUT2D eigenvalue weighted by Gasteiger charge is -1.98. The van der Waals surface area contributed by atoms with Crippen LogP contribution in [0.25, 0.3) is 45.1 Å². The maximum Gasteiger partial charge on any atom is 0.227 e. The van der Waals surface area contributed by atoms with Gasteiger partial charge in [0.2, 0.25) is 11.8 Å². The van der Waals surface area contributed by atoms with Gasteiger partial charge in [0.1, 0.15) is 11.0 Å². The first kappa shape index (κ1) is 15.6. The van der Waals surface area contributed by atoms with Crippen LogP contribution in [-0.4, -0.2) is 9.97 Å². The molecule has 6 heteroatoms. The van der Waals surface area contributed by atoms with E-state index in [0.717, 1.165) is 33.3 Å². The predicted octanol–water partition coefficient (Wildman–Crippen LogP) is 4.34. The molecule has 132 valence electrons. The van der Waals surface area contributed by atoms with Crippen molar-refractivity contribution < 1.29 is 8.83 Å². The van der Waals surface area contributed by atoms with Crippen LogP contribution in [0.2, 0.25) is 0 Å². The topological polar surface area (TPSA) is 104 Å². The van der Waals surface area contributed by atoms with Crippen LogP contribution in [0.3, 0.4) is 0 Å². The molecule has 0 spiro atoms. The summed E-state index contributed by atoms with van der Waals surface area (Å²) in [5.74, 6) is 1.11. The monoisotopic (exact) mass is 356 g/mol. The summed E-state index contributed by atoms with van der Waals surface area (Å²) in [6, 6.07) is 19.0. The van der Waals surface area contributed by atoms with Gasteiger partial charge >= 0.3 is 0 Å². The van der Waals surface area contributed by atoms with E-state index in [-0.39, 0.29) is 0 Å². The molecular weight excluding hydrogens is 340 g/mol. The highest BCUT2D eigenvalue weighted by Crippen LogP contribution is 2.29. The Morgan fingerprint density at radius 3 is 1.85 bits per heavy atom. The smallest absolute Gasteiger partial charge is 0.227 e. The van der Waals surface area contributed by atoms with Crippen LogP contribution in [0, 0.1) is 0 Å². The maximum absolute atomic E-state index is 5.88. The van der Waals surface area contributed by atoms with Crippen LogP contribution in [0.15, 0.2) is 69.5 Å². The quantitative estimate of drug-likeness (QED) is 0.466. The lowest BCUT2D eigenvalue weighted by molar-refractivity contribution is 0.617. The fourth-order valence-corrected chi connectivity index (χ4v) is 3.04. The predicted molar refractivity (Wildman–Crippen MR) is 105 cm³/mol. The molecule has 0 aliphatic rings. The number of hydrogen-bond acceptors (Lipinski definition) is 6. The van der Waals surface area contributed by atoms with Gasteiger partial charge in [0.05, 0.1) is 0 Å². The Bertz CT molecular complexity index is 1270. The molecule has 0 aliphatic carbocycles. The van der Waals surface area contributed by atoms with Crippen molar-refractivity contribution in [3.8, 4) is 22.9 Å². The molecule has 0 atom stereocenters. The normalized spacial score (nSPS) is 11.4. The van der Waals surface area contributed by atoms with E-state index in [1.165, 1.54) is 0 Å². The molecule has 4 N–H and O–H groups in total. The van der Waals surface area contributed by atoms with Crippen LogP contribution in [0.5, 0.6) is 0 Å². The molecule has 6 nitrogen and oxygen atoms in total. The van der Waals surface area contributed by atoms with E-state index in [2.05, 4.69) is 9.97 Å². The van der Waals surface area contributed by atoms with E-state index >= 15 is 0 Å². The first-order valence-electron chi connectivity index (χ1n) is 8.56. The third kappa shape index (κ3) is 2.72. The molecule has 2 aromatic heterocycles. The van der Waals surface area contributed by atoms with Crippen molar-refractivity contribution in [2.24, 2.45) is 5.73 Å². The Labute approximate surface area is 154 Å². The fourth-order valence-electron chi connectivity index (χ4n) is 3.04. The minimum Gasteiger partial charge on any atom is -0.436 e. The van der Waals surface area contributed by atoms with E-state index in [1.807, 2.05) is 48.5 Å². The second kappa shape index (κ2) is 5.96. The van der Waals surface area contributed by atoms with Crippen molar-refractivity contribution in [1.29, 1.82) is 0 Å². The summed E-state index contributed by atoms with van der Waals surface area (Å²) in [4.78, 5) is 9.05. The Morgan fingerprint density at radius 2 is 1.26 bits per heavy atom. The van der Waals surface area contributed by atoms with Crippen LogP contribution in [-0.2, 0) is 6.54 Å². The van der Waals surface area contributed by atoms with Crippen molar-refractivity contribution in [2.75, 3.05) is 5.73 Å². The number of fused-ring (bicyclic) bond motifs is 2. The molecule has 0 radical (unpaired) electrons. The summed E-state index contributed by atoms with van der Waals surface area (Å²) in [7, 11) is 0. The zero-order valence-corrected chi connectivity index (χ0v) is 14.3. The first-order chi connectivity index (χ1) is 13.2. The van der Waals surface area contributed by atoms with Gasteiger partial charge in [0.25, 0.3) is 0 Å². The molecule has 2 heterocycles. The minimum atomic E-state index is 0.469. The van der Waals surface area contributed by atoms with Crippen LogP contribution in [0.4, 0.5) is 5.69 Å². The van der Waals surface area contributed by atoms with E-state index < -0.39 is 0 Å². The number of rotatable bonds is 3. The Morgan fingerprint density at radius 1 is 0.704 bits per heavy atom. The van der Waals surface area contributed by atoms with Crippen LogP contribution >= 0.6 is 0 Å². The highest BCUT2D eigenvalue weighted by Gasteiger charge is 2.12. The van der Waals surface area contributed by atoms with Crippen molar-refractivity contribution in [2.45, 2.75) is 6.54 Å². The van der Waals surface area contributed by atoms with Gasteiger partial charge in [-0.1, -0.05) is 6.07 Å². The van der Waals surface area contributed by atoms with E-state index in [9.17, 15) is 0 Å². The third-order valence-corrected chi connectivity index (χ3v) is 4.48. The molecule has 0 amide bonds. The Hall–Kier alpha value is -3.64. The average Bonchev–Trinajstić information content (AvgIpc) is 3.31. The number of anilines is 1. The van der Waals surface area contributed by atoms with E-state index in [0.29, 0.717) is 29.6 Å². The molecule has 0 bridgehead atoms. The Kier molecular flexibility index (Phi) is 3.45. The summed E-state index contributed by atoms with van der Waals surface area (Å²) in [6.45, 7) is 0.469. The number of oxazole rings is 2. The molecule has 0 saturated heterocycles. The van der Waals surface area contributed by atoms with Gasteiger partial charge in [-0.05, 0) is 54.1 Å². The number of nitrogen functional groups attached to an aromatic ring is 1. The molecule has 5 aromatic rings. The summed E-state index contributed by atoms with van der Waals surface area (Å²) < 4.78 is 11.7. The minimum absolute atomic E-state index is 0.469. The molecule has 5 rings (SSSR count). The van der Waals surface area contributed by atoms with Gasteiger partial charge in [0.15, 0.2) is 11.2 Å². The number of nitrogens with zero attached hydrogens (tertiary/aromatic N) is 2. The van der Waals surface area contributed by atoms with E-state index in [1.54, 1.807) is 12.1 Å². The molecule has 3 aromatic carbocycles. The molecular formula is C21H16N4O2. The standard InChI is InChI=1S/C21H16N4O2/c22-11-12-1-7-16-18(9-12)26-20(24-16)13-2-4-14(5-3-13)21-25-17-8-6-15(23)10-19(17)27-21/h1-10H,11,22-23H2. The van der Waals surface area contributed by atoms with Crippen molar-refractivity contribution in [3.05, 3.63) is 66.2 Å². The molecule has 27 heavy (non-hydrogen) atoms. The fraction of sp³-hybridized carbons (Fsp3) is 0.0476. The number of hydrogen-bond donors (Lipinski definition) is 2. The largest absolute Gasteiger partial charge is 0.436 e. The number of benzene rings is 3. The van der Waals surface area contributed by atoms with Gasteiger partial charge in [-0.2, -0.15) is 0 Å². The van der Waals surface area contributed by atoms with Crippen LogP contribution < -0.4 is 11.5 Å². The molecule has 0 aliphatic heterocycles. The van der Waals surface area contributed by atoms with Crippen molar-refractivity contribution >= 4 is 27.9 Å². The van der Waals surface area contributed by atoms with Gasteiger partial charge < -0.3 is 20.3 Å². The number of nitrogens with two attached hydrogens (primary N) is 2. The SMILES string of the molecule is NCc1ccc2nc(-c3ccc(-c4nc5ccc(N)cc5o4)cc3)oc2c1. The van der Waals surface area contributed by atoms with Gasteiger partial charge in [0, 0.05) is 29.4 Å². The zero-order chi connectivity index (χ0) is 18.4. The van der Waals surface area contributed by atoms with Crippen LogP contribution in [0.1, 0.15) is 5.56 Å². The van der Waals surface area contributed by atoms with E-state index in [4.69, 9.17) is 20.3 Å². The average molecular weight is 356 g/mol. The van der Waals surface area contributed by atoms with Crippen molar-refractivity contribution in [1.82, 2.24) is 9.97 Å². The molecule has 0 unspecified atom stereocenters. The van der Waals surface area contributed by atoms with Gasteiger partial charge in [-0.15, -0.1) is 0 Å². The third-order valence-electron chi connectivity index (χ3n) is 4.48. The highest BCUT2D eigenvalue weighted by atomic mass is 16.4. The Balaban J connectivity index is 1.50. The summed E-state index contributed by atoms with van der Waals surface area (Å²) >= 11 is 0. The number of aromatic nitrogens is 2. The van der Waals surface area contributed by atoms with Gasteiger partial charge in [-0.3, -0.25) is 0 Å². The second-order valence-corrected chi connectivity index (χ2v) is 6.35. The summed E-state index contributed by atoms with van der Waals surface area (Å²) in [5, 5.41) is 0. The molecule has 0 saturated carbocycles. The van der Waals surface area contributed by atoms with Gasteiger partial charge in [-0.25, -0.2) is 9.97 Å². The first-order valence-corrected chi connectivity index (χ1v) is 8.56. The summed E-state index contributed by atoms with van der Waals surface area (Å²) in [5.41, 5.74) is 17.9.